The molecule has 19 heavy (non-hydrogen) atoms. The molecule has 0 fully saturated rings. The van der Waals surface area contributed by atoms with Gasteiger partial charge >= 0.3 is 5.63 Å². The molecular weight excluding hydrogens is 285 g/mol. The predicted octanol–water partition coefficient (Wildman–Crippen LogP) is 4.16. The molecule has 0 unspecified atom stereocenters. The molecule has 0 N–H and O–H groups in total. The Morgan fingerprint density at radius 1 is 0.947 bits per heavy atom. The standard InChI is InChI=1S/C14H7Cl2NO2/c15-9-6-7-10(16)12-11(9)14(18)19-13(17-12)8-4-2-1-3-5-8/h1-7H. The molecule has 0 saturated heterocycles. The van der Waals surface area contributed by atoms with Crippen molar-refractivity contribution in [3.8, 4) is 11.5 Å². The second-order valence-electron chi connectivity index (χ2n) is 3.93. The van der Waals surface area contributed by atoms with Gasteiger partial charge in [-0.2, -0.15) is 0 Å². The van der Waals surface area contributed by atoms with E-state index < -0.39 is 5.63 Å². The molecule has 0 atom stereocenters. The molecule has 1 heterocycles. The van der Waals surface area contributed by atoms with Crippen LogP contribution < -0.4 is 5.63 Å². The number of hydrogen-bond acceptors (Lipinski definition) is 3. The Labute approximate surface area is 118 Å². The molecule has 0 bridgehead atoms. The van der Waals surface area contributed by atoms with Crippen LogP contribution in [0.1, 0.15) is 0 Å². The number of rotatable bonds is 1. The zero-order chi connectivity index (χ0) is 13.4. The lowest BCUT2D eigenvalue weighted by Crippen LogP contribution is -2.04. The van der Waals surface area contributed by atoms with E-state index in [-0.39, 0.29) is 16.3 Å². The van der Waals surface area contributed by atoms with Crippen molar-refractivity contribution < 1.29 is 4.42 Å². The van der Waals surface area contributed by atoms with E-state index >= 15 is 0 Å². The summed E-state index contributed by atoms with van der Waals surface area (Å²) in [5, 5.41) is 0.846. The van der Waals surface area contributed by atoms with E-state index in [0.717, 1.165) is 0 Å². The topological polar surface area (TPSA) is 43.1 Å². The summed E-state index contributed by atoms with van der Waals surface area (Å²) in [6.07, 6.45) is 0. The first-order valence-corrected chi connectivity index (χ1v) is 6.26. The summed E-state index contributed by atoms with van der Waals surface area (Å²) in [6.45, 7) is 0. The van der Waals surface area contributed by atoms with Crippen molar-refractivity contribution in [3.63, 3.8) is 0 Å². The van der Waals surface area contributed by atoms with Crippen molar-refractivity contribution in [2.24, 2.45) is 0 Å². The molecule has 0 amide bonds. The molecule has 0 radical (unpaired) electrons. The predicted molar refractivity (Wildman–Crippen MR) is 75.7 cm³/mol. The van der Waals surface area contributed by atoms with E-state index in [2.05, 4.69) is 4.98 Å². The average Bonchev–Trinajstić information content (AvgIpc) is 2.43. The lowest BCUT2D eigenvalue weighted by molar-refractivity contribution is 0.518. The van der Waals surface area contributed by atoms with Crippen LogP contribution in [0.3, 0.4) is 0 Å². The largest absolute Gasteiger partial charge is 0.403 e. The molecule has 0 aliphatic rings. The van der Waals surface area contributed by atoms with E-state index in [1.165, 1.54) is 0 Å². The Balaban J connectivity index is 2.38. The normalized spacial score (nSPS) is 10.8. The third-order valence-corrected chi connectivity index (χ3v) is 3.33. The van der Waals surface area contributed by atoms with Gasteiger partial charge in [0, 0.05) is 5.56 Å². The van der Waals surface area contributed by atoms with E-state index in [1.807, 2.05) is 18.2 Å². The Kier molecular flexibility index (Phi) is 3.01. The third-order valence-electron chi connectivity index (χ3n) is 2.71. The summed E-state index contributed by atoms with van der Waals surface area (Å²) in [7, 11) is 0. The van der Waals surface area contributed by atoms with Crippen LogP contribution in [-0.2, 0) is 0 Å². The Bertz CT molecular complexity index is 813. The molecule has 3 aromatic rings. The lowest BCUT2D eigenvalue weighted by Gasteiger charge is -2.04. The highest BCUT2D eigenvalue weighted by molar-refractivity contribution is 6.39. The smallest absolute Gasteiger partial charge is 0.348 e. The summed E-state index contributed by atoms with van der Waals surface area (Å²) < 4.78 is 5.20. The van der Waals surface area contributed by atoms with Gasteiger partial charge < -0.3 is 4.42 Å². The minimum absolute atomic E-state index is 0.203. The number of benzene rings is 2. The summed E-state index contributed by atoms with van der Waals surface area (Å²) in [5.74, 6) is 0.224. The quantitative estimate of drug-likeness (QED) is 0.676. The number of fused-ring (bicyclic) bond motifs is 1. The molecule has 0 aliphatic heterocycles. The van der Waals surface area contributed by atoms with Crippen LogP contribution in [0.4, 0.5) is 0 Å². The van der Waals surface area contributed by atoms with Crippen LogP contribution in [0.15, 0.2) is 51.7 Å². The van der Waals surface area contributed by atoms with Gasteiger partial charge in [0.05, 0.1) is 10.0 Å². The lowest BCUT2D eigenvalue weighted by atomic mass is 10.2. The van der Waals surface area contributed by atoms with Gasteiger partial charge in [-0.05, 0) is 24.3 Å². The first-order valence-electron chi connectivity index (χ1n) is 5.51. The summed E-state index contributed by atoms with van der Waals surface area (Å²) in [4.78, 5) is 16.3. The summed E-state index contributed by atoms with van der Waals surface area (Å²) in [6, 6.07) is 12.3. The Morgan fingerprint density at radius 3 is 2.37 bits per heavy atom. The number of hydrogen-bond donors (Lipinski definition) is 0. The maximum absolute atomic E-state index is 12.0. The van der Waals surface area contributed by atoms with E-state index in [4.69, 9.17) is 27.6 Å². The maximum atomic E-state index is 12.0. The minimum Gasteiger partial charge on any atom is -0.403 e. The fraction of sp³-hybridized carbons (Fsp3) is 0. The van der Waals surface area contributed by atoms with Gasteiger partial charge in [-0.1, -0.05) is 41.4 Å². The van der Waals surface area contributed by atoms with Gasteiger partial charge in [-0.15, -0.1) is 0 Å². The Morgan fingerprint density at radius 2 is 1.63 bits per heavy atom. The Hall–Kier alpha value is -1.84. The van der Waals surface area contributed by atoms with Crippen molar-refractivity contribution in [2.45, 2.75) is 0 Å². The average molecular weight is 292 g/mol. The van der Waals surface area contributed by atoms with Crippen molar-refractivity contribution >= 4 is 34.1 Å². The van der Waals surface area contributed by atoms with Gasteiger partial charge in [-0.3, -0.25) is 0 Å². The fourth-order valence-corrected chi connectivity index (χ4v) is 2.24. The molecule has 1 aromatic heterocycles. The van der Waals surface area contributed by atoms with Crippen LogP contribution in [0.25, 0.3) is 22.4 Å². The molecule has 3 nitrogen and oxygen atoms in total. The molecule has 0 saturated carbocycles. The SMILES string of the molecule is O=c1oc(-c2ccccc2)nc2c(Cl)ccc(Cl)c12. The first kappa shape index (κ1) is 12.2. The van der Waals surface area contributed by atoms with Crippen LogP contribution in [0.5, 0.6) is 0 Å². The van der Waals surface area contributed by atoms with E-state index in [1.54, 1.807) is 24.3 Å². The maximum Gasteiger partial charge on any atom is 0.348 e. The first-order chi connectivity index (χ1) is 9.16. The van der Waals surface area contributed by atoms with Gasteiger partial charge in [0.2, 0.25) is 5.89 Å². The summed E-state index contributed by atoms with van der Waals surface area (Å²) >= 11 is 12.0. The van der Waals surface area contributed by atoms with E-state index in [9.17, 15) is 4.79 Å². The number of aromatic nitrogens is 1. The van der Waals surface area contributed by atoms with Crippen molar-refractivity contribution in [1.29, 1.82) is 0 Å². The monoisotopic (exact) mass is 291 g/mol. The van der Waals surface area contributed by atoms with Crippen LogP contribution in [-0.4, -0.2) is 4.98 Å². The minimum atomic E-state index is -0.545. The second kappa shape index (κ2) is 4.68. The second-order valence-corrected chi connectivity index (χ2v) is 4.74. The van der Waals surface area contributed by atoms with Gasteiger partial charge in [0.25, 0.3) is 0 Å². The van der Waals surface area contributed by atoms with Crippen molar-refractivity contribution in [2.75, 3.05) is 0 Å². The molecule has 0 spiro atoms. The van der Waals surface area contributed by atoms with Gasteiger partial charge in [0.1, 0.15) is 10.9 Å². The van der Waals surface area contributed by atoms with Gasteiger partial charge in [0.15, 0.2) is 0 Å². The van der Waals surface area contributed by atoms with Crippen LogP contribution in [0, 0.1) is 0 Å². The van der Waals surface area contributed by atoms with Crippen molar-refractivity contribution in [3.05, 3.63) is 62.9 Å². The zero-order valence-corrected chi connectivity index (χ0v) is 11.1. The molecule has 0 aliphatic carbocycles. The molecule has 2 aromatic carbocycles. The zero-order valence-electron chi connectivity index (χ0n) is 9.56. The highest BCUT2D eigenvalue weighted by atomic mass is 35.5. The summed E-state index contributed by atoms with van der Waals surface area (Å²) in [5.41, 5.74) is 0.512. The molecule has 3 rings (SSSR count). The molecule has 94 valence electrons. The van der Waals surface area contributed by atoms with E-state index in [0.29, 0.717) is 16.1 Å². The third kappa shape index (κ3) is 2.11. The highest BCUT2D eigenvalue weighted by Gasteiger charge is 2.13. The van der Waals surface area contributed by atoms with Gasteiger partial charge in [-0.25, -0.2) is 9.78 Å². The highest BCUT2D eigenvalue weighted by Crippen LogP contribution is 2.28. The fourth-order valence-electron chi connectivity index (χ4n) is 1.81. The molecule has 5 heteroatoms. The number of nitrogens with zero attached hydrogens (tertiary/aromatic N) is 1. The van der Waals surface area contributed by atoms with Crippen LogP contribution in [0.2, 0.25) is 10.0 Å². The number of halogens is 2. The van der Waals surface area contributed by atoms with Crippen molar-refractivity contribution in [1.82, 2.24) is 4.98 Å². The molecular formula is C14H7Cl2NO2. The van der Waals surface area contributed by atoms with Crippen LogP contribution >= 0.6 is 23.2 Å².